The minimum absolute atomic E-state index is 0.102. The smallest absolute Gasteiger partial charge is 0.347 e. The highest BCUT2D eigenvalue weighted by Crippen LogP contribution is 2.59. The van der Waals surface area contributed by atoms with E-state index >= 15 is 0 Å². The molecule has 32 heavy (non-hydrogen) atoms. The number of allylic oxidation sites excluding steroid dienone is 4. The van der Waals surface area contributed by atoms with E-state index < -0.39 is 34.7 Å². The maximum atomic E-state index is 13.5. The Kier molecular flexibility index (Phi) is 4.19. The Morgan fingerprint density at radius 2 is 1.81 bits per heavy atom. The number of aromatic nitrogens is 3. The molecule has 1 N–H and O–H groups in total. The van der Waals surface area contributed by atoms with Gasteiger partial charge in [-0.3, -0.25) is 9.59 Å². The minimum atomic E-state index is -1.02. The van der Waals surface area contributed by atoms with Crippen molar-refractivity contribution in [3.05, 3.63) is 73.6 Å². The number of Topliss-reactive ketones (excluding diaryl/α,β-unsaturated/α-hetero) is 1. The normalized spacial score (nSPS) is 29.1. The predicted octanol–water partition coefficient (Wildman–Crippen LogP) is 1.75. The van der Waals surface area contributed by atoms with Crippen LogP contribution in [0.25, 0.3) is 0 Å². The van der Waals surface area contributed by atoms with E-state index in [4.69, 9.17) is 0 Å². The number of aryl methyl sites for hydroxylation is 1. The third-order valence-corrected chi connectivity index (χ3v) is 7.68. The van der Waals surface area contributed by atoms with Crippen molar-refractivity contribution < 1.29 is 14.7 Å². The molecule has 166 valence electrons. The molecule has 4 atom stereocenters. The minimum Gasteiger partial charge on any atom is -0.508 e. The van der Waals surface area contributed by atoms with Gasteiger partial charge in [-0.25, -0.2) is 23.5 Å². The highest BCUT2D eigenvalue weighted by Gasteiger charge is 2.59. The van der Waals surface area contributed by atoms with Gasteiger partial charge in [0, 0.05) is 18.9 Å². The molecular formula is C24H25N3O5. The summed E-state index contributed by atoms with van der Waals surface area (Å²) in [4.78, 5) is 52.3. The molecule has 5 rings (SSSR count). The third-order valence-electron chi connectivity index (χ3n) is 7.68. The molecule has 2 aromatic rings. The third kappa shape index (κ3) is 2.43. The quantitative estimate of drug-likeness (QED) is 0.688. The summed E-state index contributed by atoms with van der Waals surface area (Å²) in [7, 11) is 1.44. The van der Waals surface area contributed by atoms with Gasteiger partial charge in [0.15, 0.2) is 11.6 Å². The molecule has 2 aliphatic carbocycles. The number of hydrogen-bond donors (Lipinski definition) is 1. The van der Waals surface area contributed by atoms with E-state index in [1.165, 1.54) is 22.5 Å². The average molecular weight is 435 g/mol. The molecule has 8 heteroatoms. The standard InChI is InChI=1S/C24H25N3O5/c1-12-9-14(5-6-18(12)28)20-15-7-8-26-22(31)25(4)23(32)27(26)17(15)11-16-21(30)13(2)10-19(29)24(16,20)3/h5-7,9-10,16-17,20,28H,8,11H2,1-4H3. The molecule has 1 fully saturated rings. The SMILES string of the molecule is CC1=CC(=O)C2(C)C(CC3C(=CCn4c(=O)n(C)c(=O)n43)C2c2ccc(O)c(C)c2)C1=O. The van der Waals surface area contributed by atoms with Gasteiger partial charge in [0.1, 0.15) is 5.75 Å². The van der Waals surface area contributed by atoms with Crippen LogP contribution in [0.15, 0.2) is 51.1 Å². The van der Waals surface area contributed by atoms with Gasteiger partial charge in [-0.15, -0.1) is 0 Å². The summed E-state index contributed by atoms with van der Waals surface area (Å²) in [5, 5.41) is 10.1. The number of aromatic hydroxyl groups is 1. The summed E-state index contributed by atoms with van der Waals surface area (Å²) in [6, 6.07) is 4.70. The van der Waals surface area contributed by atoms with E-state index in [1.54, 1.807) is 26.0 Å². The Morgan fingerprint density at radius 3 is 2.50 bits per heavy atom. The van der Waals surface area contributed by atoms with E-state index in [0.717, 1.165) is 15.7 Å². The number of phenolic OH excluding ortho intramolecular Hbond substituents is 1. The van der Waals surface area contributed by atoms with Crippen LogP contribution in [0.3, 0.4) is 0 Å². The topological polar surface area (TPSA) is 103 Å². The van der Waals surface area contributed by atoms with Gasteiger partial charge in [0.25, 0.3) is 0 Å². The van der Waals surface area contributed by atoms with Crippen LogP contribution in [0.1, 0.15) is 43.4 Å². The maximum Gasteiger partial charge on any atom is 0.347 e. The van der Waals surface area contributed by atoms with Crippen molar-refractivity contribution in [1.82, 2.24) is 13.9 Å². The Hall–Kier alpha value is -3.42. The van der Waals surface area contributed by atoms with Gasteiger partial charge in [0.2, 0.25) is 0 Å². The zero-order chi connectivity index (χ0) is 23.1. The number of ketones is 2. The number of carbonyl (C=O) groups excluding carboxylic acids is 2. The lowest BCUT2D eigenvalue weighted by Crippen LogP contribution is -2.54. The van der Waals surface area contributed by atoms with Crippen molar-refractivity contribution >= 4 is 11.6 Å². The molecule has 0 bridgehead atoms. The van der Waals surface area contributed by atoms with Gasteiger partial charge in [-0.05, 0) is 54.7 Å². The number of hydrogen-bond acceptors (Lipinski definition) is 5. The molecule has 4 unspecified atom stereocenters. The summed E-state index contributed by atoms with van der Waals surface area (Å²) in [6.45, 7) is 5.48. The highest BCUT2D eigenvalue weighted by molar-refractivity contribution is 6.13. The number of fused-ring (bicyclic) bond motifs is 4. The molecule has 1 aliphatic heterocycles. The van der Waals surface area contributed by atoms with Gasteiger partial charge >= 0.3 is 11.4 Å². The largest absolute Gasteiger partial charge is 0.508 e. The zero-order valence-corrected chi connectivity index (χ0v) is 18.5. The van der Waals surface area contributed by atoms with Gasteiger partial charge in [-0.1, -0.05) is 25.1 Å². The first kappa shape index (κ1) is 20.5. The van der Waals surface area contributed by atoms with Crippen LogP contribution in [-0.4, -0.2) is 30.6 Å². The van der Waals surface area contributed by atoms with Crippen molar-refractivity contribution in [3.8, 4) is 5.75 Å². The molecule has 8 nitrogen and oxygen atoms in total. The van der Waals surface area contributed by atoms with Crippen LogP contribution >= 0.6 is 0 Å². The molecule has 0 saturated heterocycles. The molecule has 1 aromatic carbocycles. The summed E-state index contributed by atoms with van der Waals surface area (Å²) in [5.74, 6) is -1.17. The first-order chi connectivity index (χ1) is 15.1. The van der Waals surface area contributed by atoms with Crippen LogP contribution in [0.5, 0.6) is 5.75 Å². The summed E-state index contributed by atoms with van der Waals surface area (Å²) in [6.07, 6.45) is 3.63. The van der Waals surface area contributed by atoms with Crippen LogP contribution in [-0.2, 0) is 23.2 Å². The van der Waals surface area contributed by atoms with Gasteiger partial charge in [0.05, 0.1) is 18.0 Å². The van der Waals surface area contributed by atoms with Crippen LogP contribution in [0.2, 0.25) is 0 Å². The molecule has 1 saturated carbocycles. The fourth-order valence-electron chi connectivity index (χ4n) is 5.89. The lowest BCUT2D eigenvalue weighted by Gasteiger charge is -2.52. The lowest BCUT2D eigenvalue weighted by molar-refractivity contribution is -0.139. The van der Waals surface area contributed by atoms with E-state index in [1.807, 2.05) is 19.1 Å². The molecule has 2 heterocycles. The van der Waals surface area contributed by atoms with Gasteiger partial charge < -0.3 is 5.11 Å². The van der Waals surface area contributed by atoms with Crippen molar-refractivity contribution in [2.45, 2.75) is 45.7 Å². The molecule has 0 radical (unpaired) electrons. The predicted molar refractivity (Wildman–Crippen MR) is 117 cm³/mol. The molecule has 1 aromatic heterocycles. The lowest BCUT2D eigenvalue weighted by atomic mass is 9.51. The van der Waals surface area contributed by atoms with E-state index in [0.29, 0.717) is 11.1 Å². The second-order valence-corrected chi connectivity index (χ2v) is 9.38. The molecule has 3 aliphatic rings. The van der Waals surface area contributed by atoms with Crippen molar-refractivity contribution in [2.24, 2.45) is 18.4 Å². The Bertz CT molecular complexity index is 1390. The Balaban J connectivity index is 1.80. The number of benzene rings is 1. The number of phenols is 1. The van der Waals surface area contributed by atoms with E-state index in [-0.39, 0.29) is 30.3 Å². The van der Waals surface area contributed by atoms with Gasteiger partial charge in [-0.2, -0.15) is 0 Å². The van der Waals surface area contributed by atoms with Crippen molar-refractivity contribution in [1.29, 1.82) is 0 Å². The maximum absolute atomic E-state index is 13.5. The molecule has 0 amide bonds. The number of nitrogens with zero attached hydrogens (tertiary/aromatic N) is 3. The average Bonchev–Trinajstić information content (AvgIpc) is 2.98. The number of rotatable bonds is 1. The monoisotopic (exact) mass is 435 g/mol. The van der Waals surface area contributed by atoms with Crippen LogP contribution in [0, 0.1) is 18.3 Å². The van der Waals surface area contributed by atoms with E-state index in [2.05, 4.69) is 0 Å². The summed E-state index contributed by atoms with van der Waals surface area (Å²) >= 11 is 0. The first-order valence-corrected chi connectivity index (χ1v) is 10.7. The molecule has 0 spiro atoms. The fraction of sp³-hybridized carbons (Fsp3) is 0.417. The first-order valence-electron chi connectivity index (χ1n) is 10.7. The van der Waals surface area contributed by atoms with E-state index in [9.17, 15) is 24.3 Å². The van der Waals surface area contributed by atoms with Crippen molar-refractivity contribution in [3.63, 3.8) is 0 Å². The second kappa shape index (κ2) is 6.54. The van der Waals surface area contributed by atoms with Crippen LogP contribution in [0.4, 0.5) is 0 Å². The Morgan fingerprint density at radius 1 is 1.09 bits per heavy atom. The molecular weight excluding hydrogens is 410 g/mol. The Labute approximate surface area is 184 Å². The number of carbonyl (C=O) groups is 2. The highest BCUT2D eigenvalue weighted by atomic mass is 16.3. The zero-order valence-electron chi connectivity index (χ0n) is 18.5. The van der Waals surface area contributed by atoms with Crippen LogP contribution < -0.4 is 11.4 Å². The summed E-state index contributed by atoms with van der Waals surface area (Å²) < 4.78 is 3.92. The summed E-state index contributed by atoms with van der Waals surface area (Å²) in [5.41, 5.74) is 0.876. The fourth-order valence-corrected chi connectivity index (χ4v) is 5.89. The second-order valence-electron chi connectivity index (χ2n) is 9.38. The van der Waals surface area contributed by atoms with Crippen molar-refractivity contribution in [2.75, 3.05) is 0 Å².